The second kappa shape index (κ2) is 6.08. The van der Waals surface area contributed by atoms with Crippen LogP contribution in [0.3, 0.4) is 0 Å². The molecule has 0 saturated carbocycles. The average Bonchev–Trinajstić information content (AvgIpc) is 3.09. The van der Waals surface area contributed by atoms with Gasteiger partial charge < -0.3 is 10.3 Å². The van der Waals surface area contributed by atoms with Crippen molar-refractivity contribution >= 4 is 28.4 Å². The summed E-state index contributed by atoms with van der Waals surface area (Å²) in [6.07, 6.45) is 3.71. The molecule has 1 amide bonds. The molecule has 5 nitrogen and oxygen atoms in total. The van der Waals surface area contributed by atoms with Gasteiger partial charge in [0.15, 0.2) is 0 Å². The standard InChI is InChI=1S/C17H19ClN4O/c1-10(2)16(12-8-19-22(3)9-12)21-17(23)15-7-11-6-13(18)4-5-14(11)20-15/h4-10,16,20H,1-3H3,(H,21,23). The van der Waals surface area contributed by atoms with Gasteiger partial charge in [-0.25, -0.2) is 0 Å². The number of aromatic nitrogens is 3. The first-order chi connectivity index (χ1) is 10.9. The summed E-state index contributed by atoms with van der Waals surface area (Å²) in [5.41, 5.74) is 2.41. The maximum atomic E-state index is 12.6. The minimum absolute atomic E-state index is 0.0915. The molecule has 0 fully saturated rings. The van der Waals surface area contributed by atoms with E-state index in [0.717, 1.165) is 16.5 Å². The zero-order chi connectivity index (χ0) is 16.6. The zero-order valence-electron chi connectivity index (χ0n) is 13.3. The third-order valence-corrected chi connectivity index (χ3v) is 4.10. The fraction of sp³-hybridized carbons (Fsp3) is 0.294. The minimum Gasteiger partial charge on any atom is -0.351 e. The van der Waals surface area contributed by atoms with Crippen LogP contribution in [0.15, 0.2) is 36.7 Å². The number of hydrogen-bond acceptors (Lipinski definition) is 2. The highest BCUT2D eigenvalue weighted by Gasteiger charge is 2.21. The number of hydrogen-bond donors (Lipinski definition) is 2. The van der Waals surface area contributed by atoms with E-state index in [9.17, 15) is 4.79 Å². The van der Waals surface area contributed by atoms with Crippen molar-refractivity contribution in [1.82, 2.24) is 20.1 Å². The van der Waals surface area contributed by atoms with Crippen LogP contribution in [0.5, 0.6) is 0 Å². The van der Waals surface area contributed by atoms with Crippen LogP contribution in [-0.4, -0.2) is 20.7 Å². The lowest BCUT2D eigenvalue weighted by Gasteiger charge is -2.20. The summed E-state index contributed by atoms with van der Waals surface area (Å²) in [5, 5.41) is 8.84. The molecule has 6 heteroatoms. The largest absolute Gasteiger partial charge is 0.351 e. The smallest absolute Gasteiger partial charge is 0.268 e. The number of fused-ring (bicyclic) bond motifs is 1. The van der Waals surface area contributed by atoms with Gasteiger partial charge in [0.1, 0.15) is 5.69 Å². The quantitative estimate of drug-likeness (QED) is 0.766. The number of amides is 1. The lowest BCUT2D eigenvalue weighted by atomic mass is 9.98. The molecule has 0 saturated heterocycles. The summed E-state index contributed by atoms with van der Waals surface area (Å²) in [7, 11) is 1.87. The SMILES string of the molecule is CC(C)C(NC(=O)c1cc2cc(Cl)ccc2[nH]1)c1cnn(C)c1. The van der Waals surface area contributed by atoms with Gasteiger partial charge in [-0.15, -0.1) is 0 Å². The highest BCUT2D eigenvalue weighted by Crippen LogP contribution is 2.23. The fourth-order valence-corrected chi connectivity index (χ4v) is 2.86. The first-order valence-corrected chi connectivity index (χ1v) is 7.89. The monoisotopic (exact) mass is 330 g/mol. The van der Waals surface area contributed by atoms with Crippen LogP contribution in [0.25, 0.3) is 10.9 Å². The first kappa shape index (κ1) is 15.6. The molecule has 0 radical (unpaired) electrons. The topological polar surface area (TPSA) is 62.7 Å². The molecule has 1 atom stereocenters. The van der Waals surface area contributed by atoms with Crippen LogP contribution in [0.4, 0.5) is 0 Å². The lowest BCUT2D eigenvalue weighted by Crippen LogP contribution is -2.31. The number of rotatable bonds is 4. The molecule has 120 valence electrons. The predicted octanol–water partition coefficient (Wildman–Crippen LogP) is 3.68. The Balaban J connectivity index is 1.85. The van der Waals surface area contributed by atoms with Crippen molar-refractivity contribution in [3.05, 3.63) is 52.9 Å². The van der Waals surface area contributed by atoms with Crippen LogP contribution in [0, 0.1) is 5.92 Å². The van der Waals surface area contributed by atoms with E-state index in [2.05, 4.69) is 29.2 Å². The van der Waals surface area contributed by atoms with E-state index >= 15 is 0 Å². The van der Waals surface area contributed by atoms with E-state index in [4.69, 9.17) is 11.6 Å². The highest BCUT2D eigenvalue weighted by molar-refractivity contribution is 6.31. The molecule has 0 aliphatic carbocycles. The average molecular weight is 331 g/mol. The van der Waals surface area contributed by atoms with Crippen LogP contribution in [0.1, 0.15) is 35.9 Å². The number of benzene rings is 1. The van der Waals surface area contributed by atoms with Gasteiger partial charge in [0.25, 0.3) is 5.91 Å². The van der Waals surface area contributed by atoms with Crippen molar-refractivity contribution in [2.24, 2.45) is 13.0 Å². The predicted molar refractivity (Wildman–Crippen MR) is 91.6 cm³/mol. The summed E-state index contributed by atoms with van der Waals surface area (Å²) in [4.78, 5) is 15.7. The van der Waals surface area contributed by atoms with E-state index in [0.29, 0.717) is 10.7 Å². The highest BCUT2D eigenvalue weighted by atomic mass is 35.5. The maximum Gasteiger partial charge on any atom is 0.268 e. The zero-order valence-corrected chi connectivity index (χ0v) is 14.1. The molecular formula is C17H19ClN4O. The number of H-pyrrole nitrogens is 1. The number of carbonyl (C=O) groups excluding carboxylic acids is 1. The molecule has 3 rings (SSSR count). The second-order valence-corrected chi connectivity index (χ2v) is 6.49. The van der Waals surface area contributed by atoms with Crippen LogP contribution < -0.4 is 5.32 Å². The van der Waals surface area contributed by atoms with Crippen molar-refractivity contribution in [3.63, 3.8) is 0 Å². The molecule has 2 N–H and O–H groups in total. The molecule has 2 aromatic heterocycles. The molecule has 2 heterocycles. The van der Waals surface area contributed by atoms with E-state index in [1.807, 2.05) is 31.4 Å². The Morgan fingerprint density at radius 1 is 1.35 bits per heavy atom. The molecular weight excluding hydrogens is 312 g/mol. The van der Waals surface area contributed by atoms with Crippen molar-refractivity contribution < 1.29 is 4.79 Å². The van der Waals surface area contributed by atoms with Crippen LogP contribution >= 0.6 is 11.6 Å². The van der Waals surface area contributed by atoms with Gasteiger partial charge in [0.2, 0.25) is 0 Å². The third kappa shape index (κ3) is 3.24. The number of nitrogens with zero attached hydrogens (tertiary/aromatic N) is 2. The Kier molecular flexibility index (Phi) is 4.13. The third-order valence-electron chi connectivity index (χ3n) is 3.86. The molecule has 3 aromatic rings. The van der Waals surface area contributed by atoms with Gasteiger partial charge in [-0.3, -0.25) is 9.48 Å². The number of aryl methyl sites for hydroxylation is 1. The Bertz CT molecular complexity index is 849. The van der Waals surface area contributed by atoms with Crippen LogP contribution in [-0.2, 0) is 7.05 Å². The molecule has 23 heavy (non-hydrogen) atoms. The van der Waals surface area contributed by atoms with E-state index in [-0.39, 0.29) is 17.9 Å². The Morgan fingerprint density at radius 2 is 2.13 bits per heavy atom. The number of aromatic amines is 1. The van der Waals surface area contributed by atoms with Gasteiger partial charge in [0.05, 0.1) is 12.2 Å². The summed E-state index contributed by atoms with van der Waals surface area (Å²) < 4.78 is 1.74. The van der Waals surface area contributed by atoms with Crippen molar-refractivity contribution in [2.75, 3.05) is 0 Å². The van der Waals surface area contributed by atoms with Gasteiger partial charge in [0, 0.05) is 34.7 Å². The van der Waals surface area contributed by atoms with Crippen molar-refractivity contribution in [2.45, 2.75) is 19.9 Å². The molecule has 1 unspecified atom stereocenters. The maximum absolute atomic E-state index is 12.6. The number of halogens is 1. The minimum atomic E-state index is -0.139. The van der Waals surface area contributed by atoms with Gasteiger partial charge in [-0.05, 0) is 30.2 Å². The Morgan fingerprint density at radius 3 is 2.78 bits per heavy atom. The Labute approximate surface area is 139 Å². The van der Waals surface area contributed by atoms with Gasteiger partial charge in [-0.1, -0.05) is 25.4 Å². The molecule has 0 spiro atoms. The first-order valence-electron chi connectivity index (χ1n) is 7.51. The van der Waals surface area contributed by atoms with Crippen molar-refractivity contribution in [1.29, 1.82) is 0 Å². The van der Waals surface area contributed by atoms with E-state index in [1.54, 1.807) is 16.9 Å². The van der Waals surface area contributed by atoms with Gasteiger partial charge >= 0.3 is 0 Å². The Hall–Kier alpha value is -2.27. The number of carbonyl (C=O) groups is 1. The molecule has 1 aromatic carbocycles. The second-order valence-electron chi connectivity index (χ2n) is 6.06. The molecule has 0 aliphatic rings. The van der Waals surface area contributed by atoms with E-state index in [1.165, 1.54) is 0 Å². The van der Waals surface area contributed by atoms with Gasteiger partial charge in [-0.2, -0.15) is 5.10 Å². The summed E-state index contributed by atoms with van der Waals surface area (Å²) in [5.74, 6) is 0.113. The summed E-state index contributed by atoms with van der Waals surface area (Å²) in [6.45, 7) is 4.14. The summed E-state index contributed by atoms with van der Waals surface area (Å²) >= 11 is 5.99. The van der Waals surface area contributed by atoms with Crippen LogP contribution in [0.2, 0.25) is 5.02 Å². The number of nitrogens with one attached hydrogen (secondary N) is 2. The van der Waals surface area contributed by atoms with E-state index < -0.39 is 0 Å². The normalized spacial score (nSPS) is 12.7. The van der Waals surface area contributed by atoms with Crippen molar-refractivity contribution in [3.8, 4) is 0 Å². The molecule has 0 aliphatic heterocycles. The fourth-order valence-electron chi connectivity index (χ4n) is 2.68. The summed E-state index contributed by atoms with van der Waals surface area (Å²) in [6, 6.07) is 7.23. The lowest BCUT2D eigenvalue weighted by molar-refractivity contribution is 0.0921. The molecule has 0 bridgehead atoms.